The molecule has 0 atom stereocenters. The third-order valence-corrected chi connectivity index (χ3v) is 2.66. The van der Waals surface area contributed by atoms with Crippen LogP contribution in [0.1, 0.15) is 5.56 Å². The zero-order valence-electron chi connectivity index (χ0n) is 8.78. The van der Waals surface area contributed by atoms with E-state index in [9.17, 15) is 9.50 Å². The summed E-state index contributed by atoms with van der Waals surface area (Å²) in [5.41, 5.74) is 0.171. The SMILES string of the molecule is Cn1nccc1-c1c(F)c(Cl)cc(O)c1C#N. The molecule has 2 rings (SSSR count). The van der Waals surface area contributed by atoms with Crippen molar-refractivity contribution in [3.05, 3.63) is 34.7 Å². The lowest BCUT2D eigenvalue weighted by Gasteiger charge is -2.09. The predicted molar refractivity (Wildman–Crippen MR) is 60.0 cm³/mol. The summed E-state index contributed by atoms with van der Waals surface area (Å²) in [7, 11) is 1.61. The van der Waals surface area contributed by atoms with Crippen LogP contribution in [0.4, 0.5) is 4.39 Å². The van der Waals surface area contributed by atoms with E-state index in [1.54, 1.807) is 13.1 Å². The van der Waals surface area contributed by atoms with E-state index in [-0.39, 0.29) is 21.9 Å². The fraction of sp³-hybridized carbons (Fsp3) is 0.0909. The van der Waals surface area contributed by atoms with Crippen LogP contribution >= 0.6 is 11.6 Å². The van der Waals surface area contributed by atoms with Crippen molar-refractivity contribution in [3.8, 4) is 23.1 Å². The molecular formula is C11H7ClFN3O. The molecule has 1 aromatic carbocycles. The lowest BCUT2D eigenvalue weighted by molar-refractivity contribution is 0.471. The Morgan fingerprint density at radius 3 is 2.82 bits per heavy atom. The molecule has 2 aromatic rings. The molecule has 0 aliphatic carbocycles. The number of aromatic hydroxyl groups is 1. The van der Waals surface area contributed by atoms with Crippen molar-refractivity contribution in [3.63, 3.8) is 0 Å². The minimum absolute atomic E-state index is 0.0440. The lowest BCUT2D eigenvalue weighted by Crippen LogP contribution is -1.99. The highest BCUT2D eigenvalue weighted by atomic mass is 35.5. The van der Waals surface area contributed by atoms with Gasteiger partial charge in [0, 0.05) is 19.3 Å². The first-order valence-electron chi connectivity index (χ1n) is 4.65. The number of aromatic nitrogens is 2. The molecule has 86 valence electrons. The first kappa shape index (κ1) is 11.4. The van der Waals surface area contributed by atoms with Gasteiger partial charge in [0.25, 0.3) is 0 Å². The van der Waals surface area contributed by atoms with Crippen LogP contribution in [0.25, 0.3) is 11.3 Å². The Hall–Kier alpha value is -2.06. The maximum absolute atomic E-state index is 13.9. The smallest absolute Gasteiger partial charge is 0.152 e. The number of halogens is 2. The molecule has 0 amide bonds. The van der Waals surface area contributed by atoms with E-state index in [1.807, 2.05) is 0 Å². The molecule has 0 bridgehead atoms. The number of hydrogen-bond donors (Lipinski definition) is 1. The van der Waals surface area contributed by atoms with Crippen molar-refractivity contribution in [1.29, 1.82) is 5.26 Å². The van der Waals surface area contributed by atoms with Crippen LogP contribution in [0.3, 0.4) is 0 Å². The van der Waals surface area contributed by atoms with Gasteiger partial charge in [0.05, 0.1) is 16.3 Å². The number of aryl methyl sites for hydroxylation is 1. The number of nitrogens with zero attached hydrogens (tertiary/aromatic N) is 3. The number of benzene rings is 1. The van der Waals surface area contributed by atoms with Gasteiger partial charge >= 0.3 is 0 Å². The topological polar surface area (TPSA) is 61.8 Å². The maximum atomic E-state index is 13.9. The van der Waals surface area contributed by atoms with Crippen LogP contribution in [0, 0.1) is 17.1 Å². The van der Waals surface area contributed by atoms with Crippen LogP contribution in [-0.4, -0.2) is 14.9 Å². The summed E-state index contributed by atoms with van der Waals surface area (Å²) < 4.78 is 15.3. The Balaban J connectivity index is 2.86. The van der Waals surface area contributed by atoms with E-state index in [4.69, 9.17) is 16.9 Å². The average Bonchev–Trinajstić information content (AvgIpc) is 2.69. The van der Waals surface area contributed by atoms with E-state index in [0.717, 1.165) is 6.07 Å². The maximum Gasteiger partial charge on any atom is 0.152 e. The molecule has 1 N–H and O–H groups in total. The van der Waals surface area contributed by atoms with E-state index >= 15 is 0 Å². The van der Waals surface area contributed by atoms with Gasteiger partial charge in [-0.1, -0.05) is 11.6 Å². The minimum atomic E-state index is -0.746. The second-order valence-corrected chi connectivity index (χ2v) is 3.80. The summed E-state index contributed by atoms with van der Waals surface area (Å²) in [5.74, 6) is -1.10. The second-order valence-electron chi connectivity index (χ2n) is 3.39. The quantitative estimate of drug-likeness (QED) is 0.847. The molecule has 0 unspecified atom stereocenters. The fourth-order valence-corrected chi connectivity index (χ4v) is 1.78. The average molecular weight is 252 g/mol. The van der Waals surface area contributed by atoms with Crippen molar-refractivity contribution in [2.24, 2.45) is 7.05 Å². The normalized spacial score (nSPS) is 10.2. The Labute approximate surface area is 101 Å². The highest BCUT2D eigenvalue weighted by Crippen LogP contribution is 2.36. The van der Waals surface area contributed by atoms with E-state index in [2.05, 4.69) is 5.10 Å². The van der Waals surface area contributed by atoms with Gasteiger partial charge < -0.3 is 5.11 Å². The lowest BCUT2D eigenvalue weighted by atomic mass is 10.0. The molecule has 17 heavy (non-hydrogen) atoms. The molecule has 1 heterocycles. The van der Waals surface area contributed by atoms with Gasteiger partial charge in [0.2, 0.25) is 0 Å². The summed E-state index contributed by atoms with van der Waals surface area (Å²) in [6.07, 6.45) is 1.47. The standard InChI is InChI=1S/C11H7ClFN3O/c1-16-8(2-3-15-16)10-6(5-14)9(17)4-7(12)11(10)13/h2-4,17H,1H3. The molecule has 0 saturated heterocycles. The van der Waals surface area contributed by atoms with Crippen molar-refractivity contribution >= 4 is 11.6 Å². The first-order chi connectivity index (χ1) is 8.06. The van der Waals surface area contributed by atoms with Crippen molar-refractivity contribution in [2.75, 3.05) is 0 Å². The summed E-state index contributed by atoms with van der Waals surface area (Å²) in [5, 5.41) is 22.2. The Morgan fingerprint density at radius 1 is 1.59 bits per heavy atom. The van der Waals surface area contributed by atoms with Crippen molar-refractivity contribution in [1.82, 2.24) is 9.78 Å². The van der Waals surface area contributed by atoms with Gasteiger partial charge in [-0.2, -0.15) is 10.4 Å². The van der Waals surface area contributed by atoms with E-state index < -0.39 is 5.82 Å². The summed E-state index contributed by atoms with van der Waals surface area (Å²) in [4.78, 5) is 0. The monoisotopic (exact) mass is 251 g/mol. The largest absolute Gasteiger partial charge is 0.506 e. The molecular weight excluding hydrogens is 245 g/mol. The zero-order valence-corrected chi connectivity index (χ0v) is 9.53. The van der Waals surface area contributed by atoms with Gasteiger partial charge in [-0.05, 0) is 6.07 Å². The predicted octanol–water partition coefficient (Wildman–Crippen LogP) is 2.46. The number of rotatable bonds is 1. The molecule has 0 fully saturated rings. The van der Waals surface area contributed by atoms with Gasteiger partial charge in [-0.15, -0.1) is 0 Å². The van der Waals surface area contributed by atoms with E-state index in [1.165, 1.54) is 16.9 Å². The van der Waals surface area contributed by atoms with Crippen molar-refractivity contribution in [2.45, 2.75) is 0 Å². The van der Waals surface area contributed by atoms with Crippen LogP contribution in [0.2, 0.25) is 5.02 Å². The van der Waals surface area contributed by atoms with Crippen LogP contribution in [0.15, 0.2) is 18.3 Å². The number of nitriles is 1. The van der Waals surface area contributed by atoms with Crippen LogP contribution in [-0.2, 0) is 7.05 Å². The molecule has 1 aromatic heterocycles. The molecule has 0 spiro atoms. The molecule has 0 aliphatic heterocycles. The summed E-state index contributed by atoms with van der Waals surface area (Å²) in [6, 6.07) is 4.30. The number of phenolic OH excluding ortho intramolecular Hbond substituents is 1. The van der Waals surface area contributed by atoms with Crippen LogP contribution < -0.4 is 0 Å². The number of phenols is 1. The summed E-state index contributed by atoms with van der Waals surface area (Å²) in [6.45, 7) is 0. The molecule has 0 saturated carbocycles. The Morgan fingerprint density at radius 2 is 2.29 bits per heavy atom. The van der Waals surface area contributed by atoms with Gasteiger partial charge in [0.15, 0.2) is 5.82 Å². The van der Waals surface area contributed by atoms with Crippen LogP contribution in [0.5, 0.6) is 5.75 Å². The highest BCUT2D eigenvalue weighted by molar-refractivity contribution is 6.31. The van der Waals surface area contributed by atoms with Crippen molar-refractivity contribution < 1.29 is 9.50 Å². The molecule has 4 nitrogen and oxygen atoms in total. The molecule has 6 heteroatoms. The van der Waals surface area contributed by atoms with Gasteiger partial charge in [-0.25, -0.2) is 4.39 Å². The van der Waals surface area contributed by atoms with E-state index in [0.29, 0.717) is 5.69 Å². The molecule has 0 aliphatic rings. The Bertz CT molecular complexity index is 630. The fourth-order valence-electron chi connectivity index (χ4n) is 1.59. The second kappa shape index (κ2) is 4.07. The highest BCUT2D eigenvalue weighted by Gasteiger charge is 2.20. The zero-order chi connectivity index (χ0) is 12.6. The minimum Gasteiger partial charge on any atom is -0.506 e. The summed E-state index contributed by atoms with van der Waals surface area (Å²) >= 11 is 5.64. The molecule has 0 radical (unpaired) electrons. The third kappa shape index (κ3) is 1.73. The first-order valence-corrected chi connectivity index (χ1v) is 5.03. The third-order valence-electron chi connectivity index (χ3n) is 2.39. The Kier molecular flexibility index (Phi) is 2.74. The van der Waals surface area contributed by atoms with Gasteiger partial charge in [0.1, 0.15) is 17.4 Å². The van der Waals surface area contributed by atoms with Gasteiger partial charge in [-0.3, -0.25) is 4.68 Å². The number of hydrogen-bond acceptors (Lipinski definition) is 3.